The lowest BCUT2D eigenvalue weighted by atomic mass is 10.2. The predicted octanol–water partition coefficient (Wildman–Crippen LogP) is 0.843. The summed E-state index contributed by atoms with van der Waals surface area (Å²) in [6.45, 7) is 3.67. The molecule has 7 nitrogen and oxygen atoms in total. The van der Waals surface area contributed by atoms with Crippen molar-refractivity contribution in [2.24, 2.45) is 0 Å². The van der Waals surface area contributed by atoms with Gasteiger partial charge in [-0.15, -0.1) is 11.3 Å². The molecular weight excluding hydrogens is 340 g/mol. The second-order valence-electron chi connectivity index (χ2n) is 4.64. The third-order valence-corrected chi connectivity index (χ3v) is 5.14. The highest BCUT2D eigenvalue weighted by Gasteiger charge is 2.20. The summed E-state index contributed by atoms with van der Waals surface area (Å²) < 4.78 is 4.98. The molecule has 0 aliphatic carbocycles. The first-order valence-corrected chi connectivity index (χ1v) is 8.88. The SMILES string of the molecule is CCOC(=O)c1sc2nc(CSCCC(=O)[O-])[nH]c(=O)c2c1C. The minimum atomic E-state index is -1.11. The average molecular weight is 355 g/mol. The lowest BCUT2D eigenvalue weighted by Gasteiger charge is -2.02. The number of hydrogen-bond acceptors (Lipinski definition) is 8. The lowest BCUT2D eigenvalue weighted by molar-refractivity contribution is -0.305. The standard InChI is InChI=1S/C14H16N2O5S2/c1-3-21-14(20)11-7(2)10-12(19)15-8(16-13(10)23-11)6-22-5-4-9(17)18/h3-6H2,1-2H3,(H,17,18)(H,15,16,19)/p-1. The number of aryl methyl sites for hydroxylation is 1. The Kier molecular flexibility index (Phi) is 5.78. The maximum atomic E-state index is 12.2. The number of aliphatic carboxylic acids is 1. The molecule has 2 heterocycles. The summed E-state index contributed by atoms with van der Waals surface area (Å²) in [6, 6.07) is 0. The Morgan fingerprint density at radius 3 is 2.83 bits per heavy atom. The Balaban J connectivity index is 2.26. The van der Waals surface area contributed by atoms with Gasteiger partial charge in [0.05, 0.1) is 17.7 Å². The average Bonchev–Trinajstić information content (AvgIpc) is 2.81. The van der Waals surface area contributed by atoms with Gasteiger partial charge in [0, 0.05) is 5.97 Å². The first-order valence-electron chi connectivity index (χ1n) is 6.91. The number of carboxylic acid groups (broad SMARTS) is 1. The second-order valence-corrected chi connectivity index (χ2v) is 6.75. The normalized spacial score (nSPS) is 10.9. The molecule has 23 heavy (non-hydrogen) atoms. The van der Waals surface area contributed by atoms with Crippen molar-refractivity contribution in [1.29, 1.82) is 0 Å². The number of aromatic nitrogens is 2. The van der Waals surface area contributed by atoms with Gasteiger partial charge in [0.15, 0.2) is 0 Å². The van der Waals surface area contributed by atoms with E-state index in [0.29, 0.717) is 38.0 Å². The van der Waals surface area contributed by atoms with E-state index in [1.807, 2.05) is 0 Å². The van der Waals surface area contributed by atoms with Crippen LogP contribution in [0.2, 0.25) is 0 Å². The van der Waals surface area contributed by atoms with Crippen LogP contribution in [0.25, 0.3) is 10.2 Å². The number of carbonyl (C=O) groups is 2. The van der Waals surface area contributed by atoms with Crippen molar-refractivity contribution in [2.75, 3.05) is 12.4 Å². The minimum absolute atomic E-state index is 0.0533. The molecule has 2 aromatic rings. The Morgan fingerprint density at radius 2 is 2.17 bits per heavy atom. The molecule has 0 aliphatic rings. The Morgan fingerprint density at radius 1 is 1.43 bits per heavy atom. The van der Waals surface area contributed by atoms with Gasteiger partial charge in [-0.1, -0.05) is 0 Å². The Bertz CT molecular complexity index is 796. The smallest absolute Gasteiger partial charge is 0.348 e. The highest BCUT2D eigenvalue weighted by atomic mass is 32.2. The molecule has 0 saturated carbocycles. The van der Waals surface area contributed by atoms with E-state index in [2.05, 4.69) is 9.97 Å². The topological polar surface area (TPSA) is 112 Å². The van der Waals surface area contributed by atoms with Crippen LogP contribution in [0.1, 0.15) is 34.4 Å². The van der Waals surface area contributed by atoms with E-state index >= 15 is 0 Å². The highest BCUT2D eigenvalue weighted by molar-refractivity contribution is 7.98. The molecular formula is C14H15N2O5S2-. The number of H-pyrrole nitrogens is 1. The van der Waals surface area contributed by atoms with E-state index in [0.717, 1.165) is 11.3 Å². The zero-order chi connectivity index (χ0) is 17.0. The third-order valence-electron chi connectivity index (χ3n) is 3.00. The summed E-state index contributed by atoms with van der Waals surface area (Å²) in [5, 5.41) is 10.7. The number of esters is 1. The second kappa shape index (κ2) is 7.60. The molecule has 2 rings (SSSR count). The van der Waals surface area contributed by atoms with Crippen molar-refractivity contribution in [2.45, 2.75) is 26.0 Å². The summed E-state index contributed by atoms with van der Waals surface area (Å²) >= 11 is 2.46. The summed E-state index contributed by atoms with van der Waals surface area (Å²) in [6.07, 6.45) is -0.0533. The van der Waals surface area contributed by atoms with Crippen LogP contribution >= 0.6 is 23.1 Å². The van der Waals surface area contributed by atoms with Gasteiger partial charge in [0.1, 0.15) is 15.5 Å². The van der Waals surface area contributed by atoms with Crippen LogP contribution in [-0.4, -0.2) is 34.3 Å². The van der Waals surface area contributed by atoms with Crippen LogP contribution in [0.5, 0.6) is 0 Å². The van der Waals surface area contributed by atoms with Gasteiger partial charge in [-0.05, 0) is 31.6 Å². The number of fused-ring (bicyclic) bond motifs is 1. The highest BCUT2D eigenvalue weighted by Crippen LogP contribution is 2.28. The lowest BCUT2D eigenvalue weighted by Crippen LogP contribution is -2.22. The maximum Gasteiger partial charge on any atom is 0.348 e. The van der Waals surface area contributed by atoms with Gasteiger partial charge in [-0.3, -0.25) is 4.79 Å². The maximum absolute atomic E-state index is 12.2. The summed E-state index contributed by atoms with van der Waals surface area (Å²) in [4.78, 5) is 42.3. The molecule has 0 atom stereocenters. The molecule has 1 N–H and O–H groups in total. The van der Waals surface area contributed by atoms with Crippen molar-refractivity contribution >= 4 is 45.3 Å². The number of carboxylic acids is 1. The Labute approximate surface area is 140 Å². The molecule has 0 spiro atoms. The van der Waals surface area contributed by atoms with Gasteiger partial charge < -0.3 is 19.6 Å². The molecule has 124 valence electrons. The fourth-order valence-corrected chi connectivity index (χ4v) is 3.85. The van der Waals surface area contributed by atoms with Gasteiger partial charge >= 0.3 is 5.97 Å². The predicted molar refractivity (Wildman–Crippen MR) is 86.7 cm³/mol. The van der Waals surface area contributed by atoms with Gasteiger partial charge in [-0.2, -0.15) is 11.8 Å². The van der Waals surface area contributed by atoms with Crippen molar-refractivity contribution in [1.82, 2.24) is 9.97 Å². The third kappa shape index (κ3) is 4.11. The number of carbonyl (C=O) groups excluding carboxylic acids is 2. The fourth-order valence-electron chi connectivity index (χ4n) is 1.97. The van der Waals surface area contributed by atoms with E-state index < -0.39 is 11.9 Å². The van der Waals surface area contributed by atoms with Crippen molar-refractivity contribution in [3.63, 3.8) is 0 Å². The number of rotatable bonds is 7. The van der Waals surface area contributed by atoms with Crippen molar-refractivity contribution in [3.8, 4) is 0 Å². The monoisotopic (exact) mass is 355 g/mol. The zero-order valence-corrected chi connectivity index (χ0v) is 14.3. The van der Waals surface area contributed by atoms with E-state index in [9.17, 15) is 19.5 Å². The van der Waals surface area contributed by atoms with Crippen LogP contribution in [0.3, 0.4) is 0 Å². The number of hydrogen-bond donors (Lipinski definition) is 1. The van der Waals surface area contributed by atoms with Gasteiger partial charge in [0.25, 0.3) is 5.56 Å². The van der Waals surface area contributed by atoms with Crippen molar-refractivity contribution in [3.05, 3.63) is 26.6 Å². The van der Waals surface area contributed by atoms with E-state index in [1.165, 1.54) is 11.8 Å². The van der Waals surface area contributed by atoms with Crippen LogP contribution in [-0.2, 0) is 15.3 Å². The van der Waals surface area contributed by atoms with Crippen LogP contribution < -0.4 is 10.7 Å². The van der Waals surface area contributed by atoms with Gasteiger partial charge in [-0.25, -0.2) is 9.78 Å². The fraction of sp³-hybridized carbons (Fsp3) is 0.429. The number of nitrogens with one attached hydrogen (secondary N) is 1. The molecule has 0 radical (unpaired) electrons. The largest absolute Gasteiger partial charge is 0.550 e. The molecule has 0 aliphatic heterocycles. The number of ether oxygens (including phenoxy) is 1. The van der Waals surface area contributed by atoms with E-state index in [-0.39, 0.29) is 18.6 Å². The number of aromatic amines is 1. The number of nitrogens with zero attached hydrogens (tertiary/aromatic N) is 1. The van der Waals surface area contributed by atoms with Crippen LogP contribution in [0, 0.1) is 6.92 Å². The molecule has 0 saturated heterocycles. The van der Waals surface area contributed by atoms with Crippen molar-refractivity contribution < 1.29 is 19.4 Å². The molecule has 0 amide bonds. The first-order chi connectivity index (χ1) is 10.9. The molecule has 0 unspecified atom stereocenters. The summed E-state index contributed by atoms with van der Waals surface area (Å²) in [5.74, 6) is -0.367. The summed E-state index contributed by atoms with van der Waals surface area (Å²) in [7, 11) is 0. The van der Waals surface area contributed by atoms with Crippen LogP contribution in [0.4, 0.5) is 0 Å². The molecule has 0 aromatic carbocycles. The number of thiophene rings is 1. The molecule has 0 fully saturated rings. The number of thioether (sulfide) groups is 1. The molecule has 0 bridgehead atoms. The Hall–Kier alpha value is -1.87. The molecule has 2 aromatic heterocycles. The van der Waals surface area contributed by atoms with E-state index in [1.54, 1.807) is 13.8 Å². The molecule has 9 heteroatoms. The summed E-state index contributed by atoms with van der Waals surface area (Å²) in [5.41, 5.74) is 0.253. The van der Waals surface area contributed by atoms with Crippen LogP contribution in [0.15, 0.2) is 4.79 Å². The quantitative estimate of drug-likeness (QED) is 0.578. The minimum Gasteiger partial charge on any atom is -0.550 e. The van der Waals surface area contributed by atoms with Gasteiger partial charge in [0.2, 0.25) is 0 Å². The zero-order valence-electron chi connectivity index (χ0n) is 12.6. The first kappa shape index (κ1) is 17.5. The van der Waals surface area contributed by atoms with E-state index in [4.69, 9.17) is 4.74 Å².